The Bertz CT molecular complexity index is 602. The fourth-order valence-corrected chi connectivity index (χ4v) is 2.89. The molecule has 22 heavy (non-hydrogen) atoms. The fourth-order valence-electron chi connectivity index (χ4n) is 2.77. The van der Waals surface area contributed by atoms with E-state index in [1.54, 1.807) is 7.11 Å². The normalized spacial score (nSPS) is 15.7. The first kappa shape index (κ1) is 15.5. The molecule has 1 saturated carbocycles. The molecule has 0 unspecified atom stereocenters. The minimum atomic E-state index is 0.0144. The van der Waals surface area contributed by atoms with Crippen molar-refractivity contribution in [2.45, 2.75) is 31.4 Å². The minimum Gasteiger partial charge on any atom is -0.374 e. The molecule has 0 spiro atoms. The van der Waals surface area contributed by atoms with Crippen molar-refractivity contribution >= 4 is 11.6 Å². The smallest absolute Gasteiger partial charge is 0.0929 e. The molecule has 0 bridgehead atoms. The third-order valence-corrected chi connectivity index (χ3v) is 4.66. The van der Waals surface area contributed by atoms with E-state index in [0.717, 1.165) is 37.4 Å². The zero-order chi connectivity index (χ0) is 15.4. The first-order valence-corrected chi connectivity index (χ1v) is 8.19. The fraction of sp³-hybridized carbons (Fsp3) is 0.368. The van der Waals surface area contributed by atoms with Crippen LogP contribution in [0.15, 0.2) is 48.5 Å². The molecule has 2 aromatic carbocycles. The predicted octanol–water partition coefficient (Wildman–Crippen LogP) is 4.31. The number of nitrogens with one attached hydrogen (secondary N) is 1. The van der Waals surface area contributed by atoms with Gasteiger partial charge in [0.2, 0.25) is 0 Å². The summed E-state index contributed by atoms with van der Waals surface area (Å²) in [5.74, 6) is 0. The Morgan fingerprint density at radius 3 is 2.23 bits per heavy atom. The lowest BCUT2D eigenvalue weighted by atomic mass is 10.1. The van der Waals surface area contributed by atoms with Gasteiger partial charge in [0.15, 0.2) is 0 Å². The van der Waals surface area contributed by atoms with E-state index in [9.17, 15) is 0 Å². The molecule has 0 amide bonds. The molecule has 1 aliphatic carbocycles. The molecule has 2 aromatic rings. The van der Waals surface area contributed by atoms with Gasteiger partial charge in [0.1, 0.15) is 0 Å². The number of ether oxygens (including phenoxy) is 1. The van der Waals surface area contributed by atoms with Crippen LogP contribution in [-0.4, -0.2) is 13.7 Å². The van der Waals surface area contributed by atoms with Gasteiger partial charge in [0.25, 0.3) is 0 Å². The van der Waals surface area contributed by atoms with Gasteiger partial charge in [-0.15, -0.1) is 0 Å². The van der Waals surface area contributed by atoms with E-state index in [0.29, 0.717) is 0 Å². The van der Waals surface area contributed by atoms with Crippen molar-refractivity contribution in [2.24, 2.45) is 0 Å². The third kappa shape index (κ3) is 3.70. The highest BCUT2D eigenvalue weighted by molar-refractivity contribution is 6.30. The van der Waals surface area contributed by atoms with E-state index in [1.807, 2.05) is 12.1 Å². The number of benzene rings is 2. The molecular formula is C19H22ClNO. The second kappa shape index (κ2) is 6.82. The Morgan fingerprint density at radius 1 is 1.00 bits per heavy atom. The highest BCUT2D eigenvalue weighted by Gasteiger charge is 2.44. The lowest BCUT2D eigenvalue weighted by Crippen LogP contribution is -2.17. The molecule has 1 aliphatic rings. The number of halogens is 1. The Labute approximate surface area is 137 Å². The van der Waals surface area contributed by atoms with Crippen molar-refractivity contribution in [2.75, 3.05) is 13.7 Å². The standard InChI is InChI=1S/C19H22ClNO/c1-22-19(11-12-19)17-6-2-16(3-7-17)14-21-13-10-15-4-8-18(20)9-5-15/h2-9,21H,10-14H2,1H3. The highest BCUT2D eigenvalue weighted by Crippen LogP contribution is 2.48. The summed E-state index contributed by atoms with van der Waals surface area (Å²) >= 11 is 5.89. The van der Waals surface area contributed by atoms with Crippen LogP contribution in [0.3, 0.4) is 0 Å². The molecule has 1 fully saturated rings. The van der Waals surface area contributed by atoms with E-state index in [4.69, 9.17) is 16.3 Å². The van der Waals surface area contributed by atoms with Gasteiger partial charge in [-0.3, -0.25) is 0 Å². The van der Waals surface area contributed by atoms with E-state index < -0.39 is 0 Å². The Morgan fingerprint density at radius 2 is 1.64 bits per heavy atom. The molecule has 1 N–H and O–H groups in total. The van der Waals surface area contributed by atoms with Crippen LogP contribution in [0.1, 0.15) is 29.5 Å². The summed E-state index contributed by atoms with van der Waals surface area (Å²) in [4.78, 5) is 0. The molecule has 0 aromatic heterocycles. The molecule has 0 saturated heterocycles. The van der Waals surface area contributed by atoms with Gasteiger partial charge in [-0.05, 0) is 54.6 Å². The quantitative estimate of drug-likeness (QED) is 0.769. The van der Waals surface area contributed by atoms with Crippen LogP contribution in [0.25, 0.3) is 0 Å². The first-order valence-electron chi connectivity index (χ1n) is 7.82. The summed E-state index contributed by atoms with van der Waals surface area (Å²) in [6, 6.07) is 16.8. The number of hydrogen-bond acceptors (Lipinski definition) is 2. The van der Waals surface area contributed by atoms with Crippen molar-refractivity contribution in [1.82, 2.24) is 5.32 Å². The predicted molar refractivity (Wildman–Crippen MR) is 91.2 cm³/mol. The first-order chi connectivity index (χ1) is 10.7. The van der Waals surface area contributed by atoms with Crippen LogP contribution in [0, 0.1) is 0 Å². The number of hydrogen-bond donors (Lipinski definition) is 1. The highest BCUT2D eigenvalue weighted by atomic mass is 35.5. The maximum Gasteiger partial charge on any atom is 0.0929 e. The van der Waals surface area contributed by atoms with Crippen LogP contribution >= 0.6 is 11.6 Å². The Hall–Kier alpha value is -1.35. The van der Waals surface area contributed by atoms with Crippen molar-refractivity contribution in [1.29, 1.82) is 0 Å². The van der Waals surface area contributed by atoms with Crippen LogP contribution in [0.2, 0.25) is 5.02 Å². The summed E-state index contributed by atoms with van der Waals surface area (Å²) < 4.78 is 5.61. The lowest BCUT2D eigenvalue weighted by Gasteiger charge is -2.14. The molecule has 3 heteroatoms. The van der Waals surface area contributed by atoms with E-state index in [-0.39, 0.29) is 5.60 Å². The van der Waals surface area contributed by atoms with Gasteiger partial charge in [-0.1, -0.05) is 48.0 Å². The second-order valence-electron chi connectivity index (χ2n) is 5.95. The summed E-state index contributed by atoms with van der Waals surface area (Å²) in [7, 11) is 1.80. The van der Waals surface area contributed by atoms with Crippen LogP contribution in [-0.2, 0) is 23.3 Å². The molecule has 116 valence electrons. The van der Waals surface area contributed by atoms with Crippen molar-refractivity contribution < 1.29 is 4.74 Å². The summed E-state index contributed by atoms with van der Waals surface area (Å²) in [5.41, 5.74) is 3.94. The molecular weight excluding hydrogens is 294 g/mol. The van der Waals surface area contributed by atoms with Gasteiger partial charge in [-0.25, -0.2) is 0 Å². The maximum atomic E-state index is 5.89. The third-order valence-electron chi connectivity index (χ3n) is 4.41. The van der Waals surface area contributed by atoms with Crippen LogP contribution in [0.5, 0.6) is 0 Å². The summed E-state index contributed by atoms with van der Waals surface area (Å²) in [6.07, 6.45) is 3.30. The second-order valence-corrected chi connectivity index (χ2v) is 6.39. The summed E-state index contributed by atoms with van der Waals surface area (Å²) in [6.45, 7) is 1.86. The SMILES string of the molecule is COC1(c2ccc(CNCCc3ccc(Cl)cc3)cc2)CC1. The van der Waals surface area contributed by atoms with Gasteiger partial charge >= 0.3 is 0 Å². The summed E-state index contributed by atoms with van der Waals surface area (Å²) in [5, 5.41) is 4.28. The largest absolute Gasteiger partial charge is 0.374 e. The van der Waals surface area contributed by atoms with E-state index in [1.165, 1.54) is 16.7 Å². The van der Waals surface area contributed by atoms with Crippen molar-refractivity contribution in [3.05, 3.63) is 70.2 Å². The Kier molecular flexibility index (Phi) is 4.82. The number of rotatable bonds is 7. The number of methoxy groups -OCH3 is 1. The Balaban J connectivity index is 1.45. The van der Waals surface area contributed by atoms with Crippen molar-refractivity contribution in [3.63, 3.8) is 0 Å². The van der Waals surface area contributed by atoms with Crippen molar-refractivity contribution in [3.8, 4) is 0 Å². The molecule has 0 heterocycles. The van der Waals surface area contributed by atoms with Gasteiger partial charge < -0.3 is 10.1 Å². The zero-order valence-corrected chi connectivity index (χ0v) is 13.7. The maximum absolute atomic E-state index is 5.89. The molecule has 3 rings (SSSR count). The topological polar surface area (TPSA) is 21.3 Å². The van der Waals surface area contributed by atoms with Gasteiger partial charge in [0.05, 0.1) is 5.60 Å². The lowest BCUT2D eigenvalue weighted by molar-refractivity contribution is 0.0789. The average Bonchev–Trinajstić information content (AvgIpc) is 3.35. The van der Waals surface area contributed by atoms with Crippen LogP contribution in [0.4, 0.5) is 0 Å². The van der Waals surface area contributed by atoms with E-state index >= 15 is 0 Å². The minimum absolute atomic E-state index is 0.0144. The average molecular weight is 316 g/mol. The molecule has 0 radical (unpaired) electrons. The molecule has 2 nitrogen and oxygen atoms in total. The monoisotopic (exact) mass is 315 g/mol. The molecule has 0 atom stereocenters. The zero-order valence-electron chi connectivity index (χ0n) is 12.9. The molecule has 0 aliphatic heterocycles. The van der Waals surface area contributed by atoms with Gasteiger partial charge in [-0.2, -0.15) is 0 Å². The van der Waals surface area contributed by atoms with Crippen LogP contribution < -0.4 is 5.32 Å². The van der Waals surface area contributed by atoms with E-state index in [2.05, 4.69) is 41.7 Å². The van der Waals surface area contributed by atoms with Gasteiger partial charge in [0, 0.05) is 18.7 Å².